The SMILES string of the molecule is CCOC(=O)c1c(N/C(=C\C(=O)c2ccc(OC)cc2)C(O)=C(C#N)C#N)sc2c1CCCCC2. The van der Waals surface area contributed by atoms with E-state index in [0.717, 1.165) is 48.6 Å². The highest BCUT2D eigenvalue weighted by Crippen LogP contribution is 2.39. The zero-order valence-electron chi connectivity index (χ0n) is 19.5. The highest BCUT2D eigenvalue weighted by atomic mass is 32.1. The fourth-order valence-electron chi connectivity index (χ4n) is 3.77. The number of rotatable bonds is 8. The van der Waals surface area contributed by atoms with Crippen LogP contribution in [0, 0.1) is 22.7 Å². The van der Waals surface area contributed by atoms with E-state index in [1.807, 2.05) is 0 Å². The number of aliphatic hydroxyl groups excluding tert-OH is 1. The molecule has 0 saturated carbocycles. The number of hydrogen-bond donors (Lipinski definition) is 2. The van der Waals surface area contributed by atoms with Crippen LogP contribution in [0.15, 0.2) is 47.4 Å². The number of methoxy groups -OCH3 is 1. The summed E-state index contributed by atoms with van der Waals surface area (Å²) in [7, 11) is 1.51. The van der Waals surface area contributed by atoms with Crippen molar-refractivity contribution in [3.05, 3.63) is 68.9 Å². The summed E-state index contributed by atoms with van der Waals surface area (Å²) >= 11 is 1.35. The van der Waals surface area contributed by atoms with E-state index in [-0.39, 0.29) is 12.3 Å². The van der Waals surface area contributed by atoms with E-state index >= 15 is 0 Å². The zero-order valence-corrected chi connectivity index (χ0v) is 20.3. The Balaban J connectivity index is 2.10. The van der Waals surface area contributed by atoms with E-state index in [2.05, 4.69) is 5.32 Å². The minimum atomic E-state index is -0.685. The van der Waals surface area contributed by atoms with Crippen molar-refractivity contribution < 1.29 is 24.2 Å². The Bertz CT molecular complexity index is 1240. The predicted molar refractivity (Wildman–Crippen MR) is 131 cm³/mol. The Morgan fingerprint density at radius 3 is 2.46 bits per heavy atom. The van der Waals surface area contributed by atoms with Gasteiger partial charge in [0.25, 0.3) is 0 Å². The molecule has 1 aliphatic carbocycles. The van der Waals surface area contributed by atoms with Gasteiger partial charge in [-0.1, -0.05) is 6.42 Å². The lowest BCUT2D eigenvalue weighted by atomic mass is 10.0. The van der Waals surface area contributed by atoms with Crippen molar-refractivity contribution in [2.45, 2.75) is 39.0 Å². The summed E-state index contributed by atoms with van der Waals surface area (Å²) in [6.45, 7) is 1.91. The van der Waals surface area contributed by atoms with Crippen molar-refractivity contribution in [2.24, 2.45) is 0 Å². The molecule has 0 spiro atoms. The van der Waals surface area contributed by atoms with Crippen molar-refractivity contribution in [3.8, 4) is 17.9 Å². The van der Waals surface area contributed by atoms with Gasteiger partial charge in [0, 0.05) is 16.5 Å². The molecular weight excluding hydrogens is 466 g/mol. The first-order valence-electron chi connectivity index (χ1n) is 11.2. The molecule has 8 nitrogen and oxygen atoms in total. The third kappa shape index (κ3) is 5.89. The normalized spacial score (nSPS) is 12.9. The van der Waals surface area contributed by atoms with Gasteiger partial charge in [-0.2, -0.15) is 10.5 Å². The molecule has 0 amide bonds. The van der Waals surface area contributed by atoms with Crippen LogP contribution in [-0.2, 0) is 17.6 Å². The highest BCUT2D eigenvalue weighted by Gasteiger charge is 2.27. The lowest BCUT2D eigenvalue weighted by Gasteiger charge is -2.12. The molecule has 0 atom stereocenters. The van der Waals surface area contributed by atoms with Crippen LogP contribution in [0.1, 0.15) is 57.3 Å². The summed E-state index contributed by atoms with van der Waals surface area (Å²) in [6, 6.07) is 9.62. The Morgan fingerprint density at radius 2 is 1.83 bits per heavy atom. The lowest BCUT2D eigenvalue weighted by Crippen LogP contribution is -2.12. The fourth-order valence-corrected chi connectivity index (χ4v) is 5.06. The lowest BCUT2D eigenvalue weighted by molar-refractivity contribution is 0.0526. The molecule has 0 unspecified atom stereocenters. The van der Waals surface area contributed by atoms with E-state index in [9.17, 15) is 25.2 Å². The summed E-state index contributed by atoms with van der Waals surface area (Å²) in [5.41, 5.74) is 0.840. The third-order valence-electron chi connectivity index (χ3n) is 5.51. The average molecular weight is 492 g/mol. The number of ketones is 1. The van der Waals surface area contributed by atoms with Crippen molar-refractivity contribution >= 4 is 28.1 Å². The minimum absolute atomic E-state index is 0.161. The molecule has 9 heteroatoms. The standard InChI is InChI=1S/C26H25N3O5S/c1-3-34-26(32)23-19-7-5-4-6-8-22(19)35-25(23)29-20(24(31)17(14-27)15-28)13-21(30)16-9-11-18(33-2)12-10-16/h9-13,29,31H,3-8H2,1-2H3/b20-13-. The number of ether oxygens (including phenoxy) is 2. The number of carbonyl (C=O) groups excluding carboxylic acids is 2. The Labute approximate surface area is 207 Å². The third-order valence-corrected chi connectivity index (χ3v) is 6.72. The van der Waals surface area contributed by atoms with Crippen molar-refractivity contribution in [1.29, 1.82) is 10.5 Å². The first-order valence-corrected chi connectivity index (χ1v) is 12.0. The Hall–Kier alpha value is -4.08. The van der Waals surface area contributed by atoms with Crippen LogP contribution >= 0.6 is 11.3 Å². The van der Waals surface area contributed by atoms with Crippen LogP contribution < -0.4 is 10.1 Å². The second kappa shape index (κ2) is 11.9. The van der Waals surface area contributed by atoms with Gasteiger partial charge in [-0.15, -0.1) is 11.3 Å². The number of benzene rings is 1. The molecule has 2 aromatic rings. The molecule has 0 saturated heterocycles. The van der Waals surface area contributed by atoms with Gasteiger partial charge < -0.3 is 19.9 Å². The number of carbonyl (C=O) groups is 2. The van der Waals surface area contributed by atoms with Crippen molar-refractivity contribution in [2.75, 3.05) is 19.0 Å². The highest BCUT2D eigenvalue weighted by molar-refractivity contribution is 7.16. The fraction of sp³-hybridized carbons (Fsp3) is 0.308. The maximum absolute atomic E-state index is 13.0. The first kappa shape index (κ1) is 25.5. The second-order valence-electron chi connectivity index (χ2n) is 7.71. The van der Waals surface area contributed by atoms with Gasteiger partial charge in [0.2, 0.25) is 0 Å². The number of aliphatic hydroxyl groups is 1. The van der Waals surface area contributed by atoms with Crippen LogP contribution in [0.2, 0.25) is 0 Å². The number of fused-ring (bicyclic) bond motifs is 1. The summed E-state index contributed by atoms with van der Waals surface area (Å²) < 4.78 is 10.4. The van der Waals surface area contributed by atoms with E-state index in [0.29, 0.717) is 21.9 Å². The van der Waals surface area contributed by atoms with Crippen molar-refractivity contribution in [1.82, 2.24) is 0 Å². The zero-order chi connectivity index (χ0) is 25.4. The van der Waals surface area contributed by atoms with E-state index in [1.165, 1.54) is 18.4 Å². The molecule has 35 heavy (non-hydrogen) atoms. The van der Waals surface area contributed by atoms with Crippen LogP contribution in [0.3, 0.4) is 0 Å². The number of nitriles is 2. The molecule has 3 rings (SSSR count). The van der Waals surface area contributed by atoms with Gasteiger partial charge >= 0.3 is 5.97 Å². The number of nitrogens with zero attached hydrogens (tertiary/aromatic N) is 2. The van der Waals surface area contributed by atoms with Crippen LogP contribution in [0.4, 0.5) is 5.00 Å². The van der Waals surface area contributed by atoms with Gasteiger partial charge in [-0.05, 0) is 62.4 Å². The number of aryl methyl sites for hydroxylation is 1. The number of hydrogen-bond acceptors (Lipinski definition) is 9. The number of esters is 1. The number of allylic oxidation sites excluding steroid dienone is 2. The maximum Gasteiger partial charge on any atom is 0.341 e. The molecular formula is C26H25N3O5S. The number of nitrogens with one attached hydrogen (secondary N) is 1. The van der Waals surface area contributed by atoms with Crippen molar-refractivity contribution in [3.63, 3.8) is 0 Å². The van der Waals surface area contributed by atoms with E-state index in [1.54, 1.807) is 43.3 Å². The Morgan fingerprint density at radius 1 is 1.14 bits per heavy atom. The predicted octanol–water partition coefficient (Wildman–Crippen LogP) is 5.24. The summed E-state index contributed by atoms with van der Waals surface area (Å²) in [6.07, 6.45) is 5.62. The molecule has 180 valence electrons. The topological polar surface area (TPSA) is 132 Å². The molecule has 2 N–H and O–H groups in total. The molecule has 1 heterocycles. The molecule has 0 aliphatic heterocycles. The summed E-state index contributed by atoms with van der Waals surface area (Å²) in [4.78, 5) is 26.9. The van der Waals surface area contributed by atoms with Gasteiger partial charge in [0.05, 0.1) is 25.0 Å². The monoisotopic (exact) mass is 491 g/mol. The van der Waals surface area contributed by atoms with Gasteiger partial charge in [-0.3, -0.25) is 4.79 Å². The largest absolute Gasteiger partial charge is 0.504 e. The van der Waals surface area contributed by atoms with Crippen LogP contribution in [0.25, 0.3) is 0 Å². The molecule has 1 aromatic heterocycles. The van der Waals surface area contributed by atoms with Gasteiger partial charge in [-0.25, -0.2) is 4.79 Å². The van der Waals surface area contributed by atoms with E-state index < -0.39 is 23.1 Å². The molecule has 0 fully saturated rings. The van der Waals surface area contributed by atoms with Crippen LogP contribution in [0.5, 0.6) is 5.75 Å². The van der Waals surface area contributed by atoms with Crippen LogP contribution in [-0.4, -0.2) is 30.6 Å². The molecule has 1 aromatic carbocycles. The minimum Gasteiger partial charge on any atom is -0.504 e. The molecule has 1 aliphatic rings. The average Bonchev–Trinajstić information content (AvgIpc) is 3.04. The Kier molecular flexibility index (Phi) is 8.66. The number of thiophene rings is 1. The van der Waals surface area contributed by atoms with Gasteiger partial charge in [0.1, 0.15) is 22.9 Å². The smallest absolute Gasteiger partial charge is 0.341 e. The van der Waals surface area contributed by atoms with E-state index in [4.69, 9.17) is 9.47 Å². The first-order chi connectivity index (χ1) is 16.9. The second-order valence-corrected chi connectivity index (χ2v) is 8.82. The molecule has 0 radical (unpaired) electrons. The summed E-state index contributed by atoms with van der Waals surface area (Å²) in [5, 5.41) is 32.6. The van der Waals surface area contributed by atoms with Gasteiger partial charge in [0.15, 0.2) is 17.1 Å². The molecule has 0 bridgehead atoms. The number of anilines is 1. The maximum atomic E-state index is 13.0. The quantitative estimate of drug-likeness (QED) is 0.0974. The summed E-state index contributed by atoms with van der Waals surface area (Å²) in [5.74, 6) is -1.09.